The van der Waals surface area contributed by atoms with E-state index in [2.05, 4.69) is 10.6 Å². The molecule has 1 aromatic rings. The van der Waals surface area contributed by atoms with Crippen LogP contribution in [0.2, 0.25) is 0 Å². The lowest BCUT2D eigenvalue weighted by Gasteiger charge is -2.10. The zero-order valence-corrected chi connectivity index (χ0v) is 15.3. The van der Waals surface area contributed by atoms with E-state index in [1.54, 1.807) is 7.11 Å². The van der Waals surface area contributed by atoms with Crippen LogP contribution < -0.4 is 10.6 Å². The van der Waals surface area contributed by atoms with E-state index in [4.69, 9.17) is 4.74 Å². The molecule has 2 N–H and O–H groups in total. The summed E-state index contributed by atoms with van der Waals surface area (Å²) < 4.78 is 5.06. The molecule has 0 aliphatic carbocycles. The van der Waals surface area contributed by atoms with Crippen LogP contribution in [-0.4, -0.2) is 26.6 Å². The third-order valence-corrected chi connectivity index (χ3v) is 3.62. The molecule has 0 saturated carbocycles. The van der Waals surface area contributed by atoms with E-state index in [0.717, 1.165) is 22.6 Å². The molecule has 4 heteroatoms. The van der Waals surface area contributed by atoms with Crippen molar-refractivity contribution in [1.29, 1.82) is 0 Å². The van der Waals surface area contributed by atoms with Crippen LogP contribution in [0.3, 0.4) is 0 Å². The van der Waals surface area contributed by atoms with Gasteiger partial charge in [0.15, 0.2) is 0 Å². The maximum Gasteiger partial charge on any atom is 0.224 e. The van der Waals surface area contributed by atoms with Gasteiger partial charge in [-0.1, -0.05) is 35.9 Å². The number of hydrogen-bond acceptors (Lipinski definition) is 3. The summed E-state index contributed by atoms with van der Waals surface area (Å²) in [6.07, 6.45) is 8.16. The molecule has 0 bridgehead atoms. The Bertz CT molecular complexity index is 643. The molecule has 1 aromatic carbocycles. The second-order valence-electron chi connectivity index (χ2n) is 5.68. The lowest BCUT2D eigenvalue weighted by molar-refractivity contribution is -0.120. The average molecular weight is 328 g/mol. The minimum absolute atomic E-state index is 0.0125. The van der Waals surface area contributed by atoms with E-state index >= 15 is 0 Å². The molecule has 0 fully saturated rings. The van der Waals surface area contributed by atoms with Crippen molar-refractivity contribution in [3.8, 4) is 0 Å². The smallest absolute Gasteiger partial charge is 0.224 e. The molecule has 1 rings (SSSR count). The highest BCUT2D eigenvalue weighted by molar-refractivity contribution is 5.80. The standard InChI is InChI=1S/C20H28N2O2/c1-15(7-6-8-17(3)24-5)11-12-22-20(23)14-18-10-9-16(2)13-19(18)21-4/h6-11,13,21H,12,14H2,1-5H3,(H,22,23)/b7-6-,15-11+,17-8+. The minimum atomic E-state index is 0.0125. The van der Waals surface area contributed by atoms with Crippen LogP contribution >= 0.6 is 0 Å². The van der Waals surface area contributed by atoms with Crippen LogP contribution in [0.4, 0.5) is 5.69 Å². The predicted molar refractivity (Wildman–Crippen MR) is 101 cm³/mol. The number of rotatable bonds is 8. The fourth-order valence-corrected chi connectivity index (χ4v) is 2.11. The van der Waals surface area contributed by atoms with E-state index in [-0.39, 0.29) is 5.91 Å². The highest BCUT2D eigenvalue weighted by Gasteiger charge is 2.06. The zero-order valence-electron chi connectivity index (χ0n) is 15.3. The Hall–Kier alpha value is -2.49. The van der Waals surface area contributed by atoms with Gasteiger partial charge in [0.1, 0.15) is 0 Å². The number of allylic oxidation sites excluding steroid dienone is 5. The lowest BCUT2D eigenvalue weighted by atomic mass is 10.1. The fraction of sp³-hybridized carbons (Fsp3) is 0.350. The van der Waals surface area contributed by atoms with Crippen molar-refractivity contribution in [1.82, 2.24) is 5.32 Å². The van der Waals surface area contributed by atoms with Crippen LogP contribution in [0.25, 0.3) is 0 Å². The average Bonchev–Trinajstić information content (AvgIpc) is 2.56. The van der Waals surface area contributed by atoms with Crippen LogP contribution in [0.5, 0.6) is 0 Å². The molecule has 0 heterocycles. The number of hydrogen-bond donors (Lipinski definition) is 2. The molecule has 0 aliphatic heterocycles. The van der Waals surface area contributed by atoms with E-state index in [0.29, 0.717) is 13.0 Å². The van der Waals surface area contributed by atoms with Crippen LogP contribution in [-0.2, 0) is 16.0 Å². The summed E-state index contributed by atoms with van der Waals surface area (Å²) in [6.45, 7) is 6.45. The van der Waals surface area contributed by atoms with E-state index in [1.165, 1.54) is 5.56 Å². The number of amides is 1. The number of anilines is 1. The van der Waals surface area contributed by atoms with Gasteiger partial charge in [-0.15, -0.1) is 0 Å². The first-order chi connectivity index (χ1) is 11.5. The number of methoxy groups -OCH3 is 1. The van der Waals surface area contributed by atoms with Gasteiger partial charge in [-0.3, -0.25) is 4.79 Å². The predicted octanol–water partition coefficient (Wildman–Crippen LogP) is 3.75. The van der Waals surface area contributed by atoms with Crippen molar-refractivity contribution in [3.63, 3.8) is 0 Å². The minimum Gasteiger partial charge on any atom is -0.501 e. The molecular weight excluding hydrogens is 300 g/mol. The van der Waals surface area contributed by atoms with Crippen molar-refractivity contribution in [3.05, 3.63) is 65.0 Å². The number of aryl methyl sites for hydroxylation is 1. The molecule has 1 amide bonds. The topological polar surface area (TPSA) is 50.4 Å². The van der Waals surface area contributed by atoms with Crippen molar-refractivity contribution in [2.75, 3.05) is 26.0 Å². The van der Waals surface area contributed by atoms with E-state index in [9.17, 15) is 4.79 Å². The van der Waals surface area contributed by atoms with Crippen LogP contribution in [0, 0.1) is 6.92 Å². The number of carbonyl (C=O) groups is 1. The van der Waals surface area contributed by atoms with Gasteiger partial charge in [-0.25, -0.2) is 0 Å². The number of carbonyl (C=O) groups excluding carboxylic acids is 1. The summed E-state index contributed by atoms with van der Waals surface area (Å²) >= 11 is 0. The maximum atomic E-state index is 12.1. The van der Waals surface area contributed by atoms with Gasteiger partial charge in [0.25, 0.3) is 0 Å². The van der Waals surface area contributed by atoms with E-state index < -0.39 is 0 Å². The molecule has 0 atom stereocenters. The monoisotopic (exact) mass is 328 g/mol. The molecule has 130 valence electrons. The Morgan fingerprint density at radius 3 is 2.71 bits per heavy atom. The first kappa shape index (κ1) is 19.6. The Morgan fingerprint density at radius 2 is 2.04 bits per heavy atom. The first-order valence-electron chi connectivity index (χ1n) is 8.06. The highest BCUT2D eigenvalue weighted by atomic mass is 16.5. The van der Waals surface area contributed by atoms with E-state index in [1.807, 2.05) is 70.3 Å². The number of nitrogens with one attached hydrogen (secondary N) is 2. The van der Waals surface area contributed by atoms with Crippen LogP contribution in [0.15, 0.2) is 53.8 Å². The summed E-state index contributed by atoms with van der Waals surface area (Å²) in [5, 5.41) is 6.06. The summed E-state index contributed by atoms with van der Waals surface area (Å²) in [5.41, 5.74) is 4.26. The van der Waals surface area contributed by atoms with Gasteiger partial charge < -0.3 is 15.4 Å². The summed E-state index contributed by atoms with van der Waals surface area (Å²) in [6, 6.07) is 6.07. The molecule has 0 radical (unpaired) electrons. The Balaban J connectivity index is 2.50. The van der Waals surface area contributed by atoms with Crippen LogP contribution in [0.1, 0.15) is 25.0 Å². The Kier molecular flexibility index (Phi) is 8.41. The number of ether oxygens (including phenoxy) is 1. The molecular formula is C20H28N2O2. The molecule has 0 spiro atoms. The molecule has 24 heavy (non-hydrogen) atoms. The zero-order chi connectivity index (χ0) is 17.9. The lowest BCUT2D eigenvalue weighted by Crippen LogP contribution is -2.25. The fourth-order valence-electron chi connectivity index (χ4n) is 2.11. The van der Waals surface area contributed by atoms with Crippen molar-refractivity contribution in [2.45, 2.75) is 27.2 Å². The summed E-state index contributed by atoms with van der Waals surface area (Å²) in [7, 11) is 3.51. The molecule has 0 saturated heterocycles. The summed E-state index contributed by atoms with van der Waals surface area (Å²) in [5.74, 6) is 0.865. The third-order valence-electron chi connectivity index (χ3n) is 3.62. The normalized spacial score (nSPS) is 12.4. The van der Waals surface area contributed by atoms with Gasteiger partial charge in [-0.2, -0.15) is 0 Å². The number of benzene rings is 1. The second-order valence-corrected chi connectivity index (χ2v) is 5.68. The van der Waals surface area contributed by atoms with Gasteiger partial charge >= 0.3 is 0 Å². The van der Waals surface area contributed by atoms with Crippen molar-refractivity contribution < 1.29 is 9.53 Å². The van der Waals surface area contributed by atoms with Gasteiger partial charge in [0.05, 0.1) is 19.3 Å². The molecule has 0 unspecified atom stereocenters. The molecule has 4 nitrogen and oxygen atoms in total. The quantitative estimate of drug-likeness (QED) is 0.564. The van der Waals surface area contributed by atoms with Crippen molar-refractivity contribution >= 4 is 11.6 Å². The maximum absolute atomic E-state index is 12.1. The Morgan fingerprint density at radius 1 is 1.29 bits per heavy atom. The third kappa shape index (κ3) is 7.18. The first-order valence-corrected chi connectivity index (χ1v) is 8.06. The molecule has 0 aromatic heterocycles. The second kappa shape index (κ2) is 10.3. The summed E-state index contributed by atoms with van der Waals surface area (Å²) in [4.78, 5) is 12.1. The van der Waals surface area contributed by atoms with Gasteiger partial charge in [0, 0.05) is 19.3 Å². The Labute approximate surface area is 145 Å². The highest BCUT2D eigenvalue weighted by Crippen LogP contribution is 2.17. The van der Waals surface area contributed by atoms with Gasteiger partial charge in [0.2, 0.25) is 5.91 Å². The SMILES string of the molecule is CNc1cc(C)ccc1CC(=O)NC/C=C(C)/C=C\C=C(/C)OC. The molecule has 0 aliphatic rings. The largest absolute Gasteiger partial charge is 0.501 e. The van der Waals surface area contributed by atoms with Gasteiger partial charge in [-0.05, 0) is 44.0 Å². The van der Waals surface area contributed by atoms with Crippen molar-refractivity contribution in [2.24, 2.45) is 0 Å².